The smallest absolute Gasteiger partial charge is 0.216 e. The van der Waals surface area contributed by atoms with Crippen LogP contribution in [0.25, 0.3) is 0 Å². The number of aliphatic hydroxyl groups is 1. The van der Waals surface area contributed by atoms with E-state index in [1.165, 1.54) is 0 Å². The van der Waals surface area contributed by atoms with Crippen LogP contribution in [-0.4, -0.2) is 41.2 Å². The molecule has 5 aliphatic carbocycles. The molecule has 3 fully saturated rings. The minimum Gasteiger partial charge on any atom is -0.381 e. The molecule has 0 aliphatic heterocycles. The minimum absolute atomic E-state index is 0.0850. The van der Waals surface area contributed by atoms with Crippen molar-refractivity contribution >= 4 is 21.6 Å². The lowest BCUT2D eigenvalue weighted by atomic mass is 9.33. The Balaban J connectivity index is 1.42. The number of sulfonamides is 1. The van der Waals surface area contributed by atoms with Crippen LogP contribution in [0.5, 0.6) is 0 Å². The number of ketones is 2. The van der Waals surface area contributed by atoms with Gasteiger partial charge in [0.05, 0.1) is 11.3 Å². The molecule has 2 N–H and O–H groups in total. The van der Waals surface area contributed by atoms with Crippen molar-refractivity contribution in [1.82, 2.24) is 9.71 Å². The zero-order valence-electron chi connectivity index (χ0n) is 27.7. The molecule has 45 heavy (non-hydrogen) atoms. The van der Waals surface area contributed by atoms with Crippen LogP contribution >= 0.6 is 0 Å². The molecule has 1 heterocycles. The molecule has 1 aromatic rings. The standard InChI is InChI=1S/C36H47N3O5S/c1-30(2)25-8-11-34(6)26(33(25,5)19-24(21-37)29(30)41)18-28(40)36(42)27-20-32(4,14-12-31(27,3)13-15-35(34,36)7)39-45(43,44)22-23-9-16-38-17-10-23/h9-10,16-19,25,27,39,42H,8,11-15,20,22H2,1-7H3/t25-,27+,31+,32-,33-,34+,35-,36+/m0/s1. The van der Waals surface area contributed by atoms with Crippen molar-refractivity contribution in [1.29, 1.82) is 5.26 Å². The molecule has 9 heteroatoms. The fourth-order valence-electron chi connectivity index (χ4n) is 11.0. The van der Waals surface area contributed by atoms with Gasteiger partial charge in [0.2, 0.25) is 10.0 Å². The van der Waals surface area contributed by atoms with Crippen LogP contribution in [0.15, 0.2) is 47.8 Å². The zero-order chi connectivity index (χ0) is 33.1. The van der Waals surface area contributed by atoms with Gasteiger partial charge in [-0.2, -0.15) is 5.26 Å². The number of rotatable bonds is 4. The summed E-state index contributed by atoms with van der Waals surface area (Å²) in [7, 11) is -3.72. The molecule has 8 atom stereocenters. The highest BCUT2D eigenvalue weighted by atomic mass is 32.2. The molecule has 242 valence electrons. The highest BCUT2D eigenvalue weighted by molar-refractivity contribution is 7.88. The molecular weight excluding hydrogens is 586 g/mol. The number of nitrogens with one attached hydrogen (secondary N) is 1. The number of carbonyl (C=O) groups excluding carboxylic acids is 2. The number of allylic oxidation sites excluding steroid dienone is 3. The maximum Gasteiger partial charge on any atom is 0.216 e. The van der Waals surface area contributed by atoms with Gasteiger partial charge < -0.3 is 5.11 Å². The Kier molecular flexibility index (Phi) is 6.94. The highest BCUT2D eigenvalue weighted by Gasteiger charge is 2.75. The van der Waals surface area contributed by atoms with Gasteiger partial charge in [-0.05, 0) is 98.0 Å². The summed E-state index contributed by atoms with van der Waals surface area (Å²) in [5.74, 6) is -1.20. The number of pyridine rings is 1. The Bertz CT molecular complexity index is 1690. The van der Waals surface area contributed by atoms with Gasteiger partial charge in [0, 0.05) is 40.1 Å². The van der Waals surface area contributed by atoms with Crippen LogP contribution in [0, 0.1) is 50.2 Å². The van der Waals surface area contributed by atoms with Crippen LogP contribution in [0.2, 0.25) is 0 Å². The van der Waals surface area contributed by atoms with Crippen LogP contribution in [0.3, 0.4) is 0 Å². The van der Waals surface area contributed by atoms with Gasteiger partial charge in [-0.3, -0.25) is 14.6 Å². The molecule has 0 unspecified atom stereocenters. The van der Waals surface area contributed by atoms with E-state index >= 15 is 0 Å². The lowest BCUT2D eigenvalue weighted by Gasteiger charge is -2.71. The van der Waals surface area contributed by atoms with Gasteiger partial charge in [0.15, 0.2) is 11.6 Å². The summed E-state index contributed by atoms with van der Waals surface area (Å²) in [4.78, 5) is 31.9. The Labute approximate surface area is 267 Å². The van der Waals surface area contributed by atoms with Crippen molar-refractivity contribution in [3.8, 4) is 6.07 Å². The predicted octanol–water partition coefficient (Wildman–Crippen LogP) is 5.59. The van der Waals surface area contributed by atoms with Gasteiger partial charge in [0.25, 0.3) is 0 Å². The van der Waals surface area contributed by atoms with Gasteiger partial charge >= 0.3 is 0 Å². The number of hydrogen-bond acceptors (Lipinski definition) is 7. The number of hydrogen-bond donors (Lipinski definition) is 2. The van der Waals surface area contributed by atoms with E-state index in [1.807, 2.05) is 20.8 Å². The molecule has 0 saturated heterocycles. The fourth-order valence-corrected chi connectivity index (χ4v) is 12.6. The van der Waals surface area contributed by atoms with Crippen molar-refractivity contribution in [2.24, 2.45) is 38.9 Å². The quantitative estimate of drug-likeness (QED) is 0.441. The van der Waals surface area contributed by atoms with E-state index in [9.17, 15) is 28.4 Å². The second-order valence-electron chi connectivity index (χ2n) is 16.6. The van der Waals surface area contributed by atoms with Crippen LogP contribution < -0.4 is 4.72 Å². The monoisotopic (exact) mass is 633 g/mol. The van der Waals surface area contributed by atoms with Crippen molar-refractivity contribution in [2.45, 2.75) is 110 Å². The maximum absolute atomic E-state index is 14.7. The molecule has 3 saturated carbocycles. The molecule has 0 spiro atoms. The summed E-state index contributed by atoms with van der Waals surface area (Å²) < 4.78 is 29.8. The maximum atomic E-state index is 14.7. The number of nitrogens with zero attached hydrogens (tertiary/aromatic N) is 2. The van der Waals surface area contributed by atoms with Crippen molar-refractivity contribution in [3.05, 3.63) is 53.4 Å². The molecule has 6 rings (SSSR count). The summed E-state index contributed by atoms with van der Waals surface area (Å²) in [6.45, 7) is 14.2. The third-order valence-electron chi connectivity index (χ3n) is 13.8. The average molecular weight is 634 g/mol. The first-order chi connectivity index (χ1) is 20.7. The fraction of sp³-hybridized carbons (Fsp3) is 0.667. The number of Topliss-reactive ketones (excluding diaryl/α,β-unsaturated/α-hetero) is 1. The first kappa shape index (κ1) is 32.3. The lowest BCUT2D eigenvalue weighted by Crippen LogP contribution is -2.74. The van der Waals surface area contributed by atoms with Crippen LogP contribution in [0.1, 0.15) is 99.0 Å². The van der Waals surface area contributed by atoms with Crippen molar-refractivity contribution in [2.75, 3.05) is 0 Å². The summed E-state index contributed by atoms with van der Waals surface area (Å²) >= 11 is 0. The molecule has 0 aromatic carbocycles. The molecule has 1 aromatic heterocycles. The third kappa shape index (κ3) is 4.27. The van der Waals surface area contributed by atoms with E-state index in [4.69, 9.17) is 0 Å². The summed E-state index contributed by atoms with van der Waals surface area (Å²) in [6.07, 6.45) is 11.2. The second-order valence-corrected chi connectivity index (χ2v) is 18.4. The minimum atomic E-state index is -3.72. The van der Waals surface area contributed by atoms with E-state index in [1.54, 1.807) is 36.7 Å². The first-order valence-corrected chi connectivity index (χ1v) is 17.9. The van der Waals surface area contributed by atoms with Gasteiger partial charge in [-0.1, -0.05) is 47.6 Å². The zero-order valence-corrected chi connectivity index (χ0v) is 28.5. The molecule has 5 aliphatic rings. The molecule has 0 bridgehead atoms. The average Bonchev–Trinajstić information content (AvgIpc) is 2.95. The number of nitriles is 1. The van der Waals surface area contributed by atoms with E-state index in [0.29, 0.717) is 37.7 Å². The van der Waals surface area contributed by atoms with Gasteiger partial charge in [-0.15, -0.1) is 0 Å². The molecule has 8 nitrogen and oxygen atoms in total. The van der Waals surface area contributed by atoms with Crippen LogP contribution in [0.4, 0.5) is 0 Å². The number of carbonyl (C=O) groups is 2. The molecule has 0 amide bonds. The van der Waals surface area contributed by atoms with Crippen molar-refractivity contribution < 1.29 is 23.1 Å². The van der Waals surface area contributed by atoms with E-state index in [-0.39, 0.29) is 34.2 Å². The molecule has 0 radical (unpaired) electrons. The van der Waals surface area contributed by atoms with E-state index in [0.717, 1.165) is 18.4 Å². The first-order valence-electron chi connectivity index (χ1n) is 16.3. The summed E-state index contributed by atoms with van der Waals surface area (Å²) in [5, 5.41) is 23.0. The normalized spacial score (nSPS) is 43.9. The van der Waals surface area contributed by atoms with Crippen LogP contribution in [-0.2, 0) is 25.4 Å². The highest BCUT2D eigenvalue weighted by Crippen LogP contribution is 2.75. The van der Waals surface area contributed by atoms with Gasteiger partial charge in [-0.25, -0.2) is 13.1 Å². The van der Waals surface area contributed by atoms with Gasteiger partial charge in [0.1, 0.15) is 11.7 Å². The number of fused-ring (bicyclic) bond motifs is 7. The SMILES string of the molecule is CC1(C)C(=O)C(C#N)=C[C@]2(C)C3=CC(=O)[C@]4(O)[C@@H]5C[C@@](C)(NS(=O)(=O)Cc6ccncc6)CC[C@]5(C)CC[C@@]4(C)[C@]3(C)CC[C@@H]12. The Hall–Kier alpha value is -2.67. The van der Waals surface area contributed by atoms with Crippen molar-refractivity contribution in [3.63, 3.8) is 0 Å². The Morgan fingerprint density at radius 3 is 2.27 bits per heavy atom. The predicted molar refractivity (Wildman–Crippen MR) is 171 cm³/mol. The summed E-state index contributed by atoms with van der Waals surface area (Å²) in [6, 6.07) is 5.51. The Morgan fingerprint density at radius 2 is 1.62 bits per heavy atom. The number of aromatic nitrogens is 1. The second kappa shape index (κ2) is 9.68. The lowest BCUT2D eigenvalue weighted by molar-refractivity contribution is -0.239. The largest absolute Gasteiger partial charge is 0.381 e. The molecular formula is C36H47N3O5S. The topological polar surface area (TPSA) is 137 Å². The Morgan fingerprint density at radius 1 is 0.978 bits per heavy atom. The summed E-state index contributed by atoms with van der Waals surface area (Å²) in [5.41, 5.74) is -4.06. The van der Waals surface area contributed by atoms with E-state index < -0.39 is 48.7 Å². The third-order valence-corrected chi connectivity index (χ3v) is 15.3. The van der Waals surface area contributed by atoms with E-state index in [2.05, 4.69) is 43.5 Å².